The van der Waals surface area contributed by atoms with E-state index >= 15 is 0 Å². The van der Waals surface area contributed by atoms with Crippen LogP contribution in [0.1, 0.15) is 59.9 Å². The highest BCUT2D eigenvalue weighted by atomic mass is 19.1. The minimum absolute atomic E-state index is 0.104. The van der Waals surface area contributed by atoms with E-state index in [0.717, 1.165) is 18.7 Å². The minimum atomic E-state index is -0.432. The van der Waals surface area contributed by atoms with Crippen LogP contribution in [0.4, 0.5) is 8.78 Å². The number of halogens is 2. The van der Waals surface area contributed by atoms with Crippen LogP contribution < -0.4 is 5.32 Å². The molecule has 8 nitrogen and oxygen atoms in total. The Bertz CT molecular complexity index is 1700. The summed E-state index contributed by atoms with van der Waals surface area (Å²) in [5.41, 5.74) is 4.30. The molecule has 0 radical (unpaired) electrons. The average molecular weight is 526 g/mol. The molecule has 7 rings (SSSR count). The Morgan fingerprint density at radius 3 is 2.64 bits per heavy atom. The maximum Gasteiger partial charge on any atom is 0.272 e. The highest BCUT2D eigenvalue weighted by Gasteiger charge is 2.49. The number of rotatable bonds is 6. The van der Waals surface area contributed by atoms with E-state index in [1.54, 1.807) is 35.3 Å². The van der Waals surface area contributed by atoms with Gasteiger partial charge in [-0.1, -0.05) is 6.42 Å². The molecule has 1 amide bonds. The number of H-pyrrole nitrogens is 1. The molecule has 3 aromatic heterocycles. The van der Waals surface area contributed by atoms with E-state index in [9.17, 15) is 13.6 Å². The Morgan fingerprint density at radius 2 is 1.87 bits per heavy atom. The second-order valence-electron chi connectivity index (χ2n) is 10.7. The molecule has 196 valence electrons. The van der Waals surface area contributed by atoms with Gasteiger partial charge >= 0.3 is 0 Å². The molecule has 1 spiro atoms. The molecule has 0 aliphatic heterocycles. The molecule has 3 heterocycles. The molecule has 2 aromatic carbocycles. The van der Waals surface area contributed by atoms with Crippen molar-refractivity contribution in [1.29, 1.82) is 0 Å². The summed E-state index contributed by atoms with van der Waals surface area (Å²) in [7, 11) is 0. The van der Waals surface area contributed by atoms with Crippen molar-refractivity contribution in [2.75, 3.05) is 0 Å². The number of carbonyl (C=O) groups excluding carboxylic acids is 1. The van der Waals surface area contributed by atoms with Gasteiger partial charge in [0.2, 0.25) is 0 Å². The van der Waals surface area contributed by atoms with Gasteiger partial charge < -0.3 is 10.3 Å². The van der Waals surface area contributed by atoms with Crippen LogP contribution in [0.2, 0.25) is 0 Å². The van der Waals surface area contributed by atoms with E-state index in [4.69, 9.17) is 0 Å². The normalized spacial score (nSPS) is 16.3. The quantitative estimate of drug-likeness (QED) is 0.307. The molecule has 5 aromatic rings. The van der Waals surface area contributed by atoms with Gasteiger partial charge in [0, 0.05) is 24.2 Å². The van der Waals surface area contributed by atoms with Crippen LogP contribution in [0.5, 0.6) is 0 Å². The van der Waals surface area contributed by atoms with Crippen molar-refractivity contribution in [3.05, 3.63) is 89.9 Å². The molecule has 0 unspecified atom stereocenters. The third-order valence-electron chi connectivity index (χ3n) is 8.10. The Morgan fingerprint density at radius 1 is 1.05 bits per heavy atom. The number of nitrogens with zero attached hydrogens (tertiary/aromatic N) is 5. The first-order valence-electron chi connectivity index (χ1n) is 13.0. The Kier molecular flexibility index (Phi) is 5.50. The topological polar surface area (TPSA) is 101 Å². The van der Waals surface area contributed by atoms with Crippen molar-refractivity contribution in [1.82, 2.24) is 35.0 Å². The van der Waals surface area contributed by atoms with Crippen molar-refractivity contribution < 1.29 is 13.6 Å². The summed E-state index contributed by atoms with van der Waals surface area (Å²) in [6.45, 7) is 0.104. The third-order valence-corrected chi connectivity index (χ3v) is 8.10. The van der Waals surface area contributed by atoms with E-state index in [1.807, 2.05) is 0 Å². The smallest absolute Gasteiger partial charge is 0.272 e. The zero-order chi connectivity index (χ0) is 26.6. The number of hydrogen-bond acceptors (Lipinski definition) is 5. The Labute approximate surface area is 222 Å². The van der Waals surface area contributed by atoms with Crippen LogP contribution in [0.25, 0.3) is 28.0 Å². The maximum absolute atomic E-state index is 14.5. The van der Waals surface area contributed by atoms with E-state index < -0.39 is 11.7 Å². The van der Waals surface area contributed by atoms with Crippen LogP contribution >= 0.6 is 0 Å². The number of carbonyl (C=O) groups is 1. The first-order chi connectivity index (χ1) is 18.9. The van der Waals surface area contributed by atoms with Gasteiger partial charge in [-0.2, -0.15) is 5.10 Å². The number of fused-ring (bicyclic) bond motifs is 1. The van der Waals surface area contributed by atoms with Crippen molar-refractivity contribution in [3.8, 4) is 16.8 Å². The molecule has 2 aliphatic carbocycles. The second-order valence-corrected chi connectivity index (χ2v) is 10.7. The lowest BCUT2D eigenvalue weighted by Gasteiger charge is -2.53. The zero-order valence-electron chi connectivity index (χ0n) is 21.0. The SMILES string of the molecule is O=C(NCc1cc(F)cc(-c2cnn(-c3ccc(F)cc3)c2)c1)c1ncnc2nc(C3CC4(CCC4)C3)[nH]c12. The zero-order valence-corrected chi connectivity index (χ0v) is 21.0. The summed E-state index contributed by atoms with van der Waals surface area (Å²) in [5.74, 6) is 0.0793. The lowest BCUT2D eigenvalue weighted by molar-refractivity contribution is 0.00644. The standard InChI is InChI=1S/C29H25F2N7O/c30-21-2-4-23(5-3-21)38-15-20(14-35-38)18-8-17(9-22(31)10-18)13-32-28(39)25-24-27(34-16-33-25)37-26(36-24)19-11-29(12-19)6-1-7-29/h2-5,8-10,14-16,19H,1,6-7,11-13H2,(H,32,39)(H,33,34,36,37). The number of nitrogens with one attached hydrogen (secondary N) is 2. The van der Waals surface area contributed by atoms with Crippen LogP contribution in [-0.4, -0.2) is 35.6 Å². The molecular weight excluding hydrogens is 500 g/mol. The van der Waals surface area contributed by atoms with Crippen molar-refractivity contribution >= 4 is 17.1 Å². The number of aromatic nitrogens is 6. The molecule has 0 bridgehead atoms. The van der Waals surface area contributed by atoms with Crippen molar-refractivity contribution in [2.45, 2.75) is 44.6 Å². The number of aromatic amines is 1. The minimum Gasteiger partial charge on any atom is -0.347 e. The van der Waals surface area contributed by atoms with Gasteiger partial charge in [-0.15, -0.1) is 0 Å². The Hall–Kier alpha value is -4.47. The van der Waals surface area contributed by atoms with Gasteiger partial charge in [-0.3, -0.25) is 4.79 Å². The lowest BCUT2D eigenvalue weighted by atomic mass is 9.52. The lowest BCUT2D eigenvalue weighted by Crippen LogP contribution is -2.41. The van der Waals surface area contributed by atoms with Gasteiger partial charge in [0.25, 0.3) is 5.91 Å². The van der Waals surface area contributed by atoms with Crippen molar-refractivity contribution in [2.24, 2.45) is 5.41 Å². The van der Waals surface area contributed by atoms with Crippen molar-refractivity contribution in [3.63, 3.8) is 0 Å². The maximum atomic E-state index is 14.5. The first kappa shape index (κ1) is 23.6. The summed E-state index contributed by atoms with van der Waals surface area (Å²) in [6, 6.07) is 10.5. The summed E-state index contributed by atoms with van der Waals surface area (Å²) < 4.78 is 29.4. The highest BCUT2D eigenvalue weighted by molar-refractivity contribution is 6.02. The predicted octanol–water partition coefficient (Wildman–Crippen LogP) is 5.46. The van der Waals surface area contributed by atoms with Crippen LogP contribution in [0.3, 0.4) is 0 Å². The largest absolute Gasteiger partial charge is 0.347 e. The van der Waals surface area contributed by atoms with Crippen LogP contribution in [-0.2, 0) is 6.54 Å². The monoisotopic (exact) mass is 525 g/mol. The fraction of sp³-hybridized carbons (Fsp3) is 0.276. The first-order valence-corrected chi connectivity index (χ1v) is 13.0. The van der Waals surface area contributed by atoms with E-state index in [0.29, 0.717) is 44.9 Å². The van der Waals surface area contributed by atoms with Crippen LogP contribution in [0.15, 0.2) is 61.2 Å². The summed E-state index contributed by atoms with van der Waals surface area (Å²) in [5, 5.41) is 7.16. The number of imidazole rings is 1. The second kappa shape index (κ2) is 9.07. The van der Waals surface area contributed by atoms with Crippen LogP contribution in [0, 0.1) is 17.0 Å². The molecule has 2 N–H and O–H groups in total. The van der Waals surface area contributed by atoms with Gasteiger partial charge in [-0.05, 0) is 84.7 Å². The van der Waals surface area contributed by atoms with Gasteiger partial charge in [0.15, 0.2) is 11.3 Å². The average Bonchev–Trinajstić information content (AvgIpc) is 3.53. The fourth-order valence-electron chi connectivity index (χ4n) is 5.87. The fourth-order valence-corrected chi connectivity index (χ4v) is 5.87. The molecule has 10 heteroatoms. The van der Waals surface area contributed by atoms with Gasteiger partial charge in [0.05, 0.1) is 11.9 Å². The Balaban J connectivity index is 1.07. The van der Waals surface area contributed by atoms with Gasteiger partial charge in [-0.25, -0.2) is 28.4 Å². The summed E-state index contributed by atoms with van der Waals surface area (Å²) in [4.78, 5) is 29.5. The van der Waals surface area contributed by atoms with E-state index in [1.165, 1.54) is 49.9 Å². The summed E-state index contributed by atoms with van der Waals surface area (Å²) in [6.07, 6.45) is 10.9. The van der Waals surface area contributed by atoms with E-state index in [2.05, 4.69) is 30.4 Å². The predicted molar refractivity (Wildman–Crippen MR) is 140 cm³/mol. The number of hydrogen-bond donors (Lipinski definition) is 2. The number of amides is 1. The molecule has 2 fully saturated rings. The number of benzene rings is 2. The van der Waals surface area contributed by atoms with Gasteiger partial charge in [0.1, 0.15) is 29.3 Å². The summed E-state index contributed by atoms with van der Waals surface area (Å²) >= 11 is 0. The molecule has 2 aliphatic rings. The molecule has 2 saturated carbocycles. The molecule has 0 atom stereocenters. The third kappa shape index (κ3) is 4.35. The molecule has 0 saturated heterocycles. The molecule has 39 heavy (non-hydrogen) atoms. The molecular formula is C29H25F2N7O. The van der Waals surface area contributed by atoms with E-state index in [-0.39, 0.29) is 18.1 Å². The highest BCUT2D eigenvalue weighted by Crippen LogP contribution is 2.61.